The molecule has 0 saturated heterocycles. The molecule has 1 heteroatoms. The Kier molecular flexibility index (Phi) is 6.42. The number of hydrogen-bond acceptors (Lipinski definition) is 1. The van der Waals surface area contributed by atoms with Crippen LogP contribution in [0.15, 0.2) is 12.1 Å². The number of aryl methyl sites for hydroxylation is 3. The average Bonchev–Trinajstić information content (AvgIpc) is 2.42. The lowest BCUT2D eigenvalue weighted by molar-refractivity contribution is 0.594. The van der Waals surface area contributed by atoms with E-state index in [2.05, 4.69) is 39.8 Å². The maximum absolute atomic E-state index is 6.43. The highest BCUT2D eigenvalue weighted by Crippen LogP contribution is 2.27. The summed E-state index contributed by atoms with van der Waals surface area (Å²) in [6.45, 7) is 8.94. The van der Waals surface area contributed by atoms with Gasteiger partial charge < -0.3 is 5.73 Å². The molecular formula is C17H29N. The van der Waals surface area contributed by atoms with Gasteiger partial charge in [0.25, 0.3) is 0 Å². The summed E-state index contributed by atoms with van der Waals surface area (Å²) in [5, 5.41) is 0. The topological polar surface area (TPSA) is 26.0 Å². The molecule has 0 aromatic heterocycles. The van der Waals surface area contributed by atoms with Gasteiger partial charge in [0.05, 0.1) is 0 Å². The highest BCUT2D eigenvalue weighted by molar-refractivity contribution is 5.41. The Morgan fingerprint density at radius 3 is 1.89 bits per heavy atom. The smallest absolute Gasteiger partial charge is 0.0300 e. The van der Waals surface area contributed by atoms with E-state index in [1.807, 2.05) is 0 Å². The second-order valence-electron chi connectivity index (χ2n) is 5.14. The fourth-order valence-electron chi connectivity index (χ4n) is 2.68. The molecule has 0 aliphatic rings. The lowest BCUT2D eigenvalue weighted by atomic mass is 9.88. The van der Waals surface area contributed by atoms with Crippen molar-refractivity contribution in [2.45, 2.75) is 72.3 Å². The van der Waals surface area contributed by atoms with E-state index in [0.717, 1.165) is 25.7 Å². The molecule has 0 saturated carbocycles. The number of benzene rings is 1. The van der Waals surface area contributed by atoms with E-state index < -0.39 is 0 Å². The Morgan fingerprint density at radius 1 is 0.944 bits per heavy atom. The van der Waals surface area contributed by atoms with Crippen molar-refractivity contribution in [3.8, 4) is 0 Å². The third kappa shape index (κ3) is 3.58. The van der Waals surface area contributed by atoms with Crippen molar-refractivity contribution in [2.24, 2.45) is 5.73 Å². The molecule has 0 bridgehead atoms. The van der Waals surface area contributed by atoms with Crippen molar-refractivity contribution >= 4 is 0 Å². The monoisotopic (exact) mass is 247 g/mol. The second-order valence-corrected chi connectivity index (χ2v) is 5.14. The van der Waals surface area contributed by atoms with Crippen molar-refractivity contribution in [1.29, 1.82) is 0 Å². The molecule has 0 heterocycles. The lowest BCUT2D eigenvalue weighted by Crippen LogP contribution is -2.15. The minimum absolute atomic E-state index is 0.223. The first-order valence-electron chi connectivity index (χ1n) is 7.57. The fraction of sp³-hybridized carbons (Fsp3) is 0.647. The predicted octanol–water partition coefficient (Wildman–Crippen LogP) is 4.56. The van der Waals surface area contributed by atoms with Crippen molar-refractivity contribution in [1.82, 2.24) is 0 Å². The molecule has 0 aliphatic heterocycles. The van der Waals surface area contributed by atoms with Gasteiger partial charge >= 0.3 is 0 Å². The number of nitrogens with two attached hydrogens (primary N) is 1. The number of unbranched alkanes of at least 4 members (excludes halogenated alkanes) is 1. The zero-order valence-corrected chi connectivity index (χ0v) is 12.6. The molecule has 0 spiro atoms. The zero-order chi connectivity index (χ0) is 13.5. The van der Waals surface area contributed by atoms with Crippen LogP contribution in [0.2, 0.25) is 0 Å². The molecule has 1 unspecified atom stereocenters. The molecule has 0 fully saturated rings. The van der Waals surface area contributed by atoms with Crippen LogP contribution in [0.4, 0.5) is 0 Å². The van der Waals surface area contributed by atoms with Gasteiger partial charge in [0.15, 0.2) is 0 Å². The van der Waals surface area contributed by atoms with E-state index in [0.29, 0.717) is 0 Å². The van der Waals surface area contributed by atoms with Gasteiger partial charge in [-0.15, -0.1) is 0 Å². The molecule has 0 radical (unpaired) electrons. The molecule has 102 valence electrons. The van der Waals surface area contributed by atoms with Gasteiger partial charge in [0.2, 0.25) is 0 Å². The first kappa shape index (κ1) is 15.2. The Bertz CT molecular complexity index is 343. The Labute approximate surface area is 113 Å². The largest absolute Gasteiger partial charge is 0.324 e. The van der Waals surface area contributed by atoms with Crippen LogP contribution in [-0.4, -0.2) is 0 Å². The zero-order valence-electron chi connectivity index (χ0n) is 12.6. The third-order valence-corrected chi connectivity index (χ3v) is 3.82. The number of rotatable bonds is 7. The molecule has 1 aromatic carbocycles. The Balaban J connectivity index is 3.13. The lowest BCUT2D eigenvalue weighted by Gasteiger charge is -2.21. The molecule has 0 amide bonds. The van der Waals surface area contributed by atoms with Crippen LogP contribution in [0.25, 0.3) is 0 Å². The summed E-state index contributed by atoms with van der Waals surface area (Å²) in [5.74, 6) is 0. The van der Waals surface area contributed by atoms with E-state index in [9.17, 15) is 0 Å². The Morgan fingerprint density at radius 2 is 1.50 bits per heavy atom. The van der Waals surface area contributed by atoms with Crippen LogP contribution < -0.4 is 5.73 Å². The van der Waals surface area contributed by atoms with Crippen LogP contribution in [0.5, 0.6) is 0 Å². The molecule has 18 heavy (non-hydrogen) atoms. The van der Waals surface area contributed by atoms with Crippen LogP contribution in [0, 0.1) is 0 Å². The van der Waals surface area contributed by atoms with Crippen molar-refractivity contribution < 1.29 is 0 Å². The van der Waals surface area contributed by atoms with Crippen LogP contribution in [-0.2, 0) is 19.3 Å². The van der Waals surface area contributed by atoms with E-state index in [1.165, 1.54) is 35.1 Å². The summed E-state index contributed by atoms with van der Waals surface area (Å²) in [4.78, 5) is 0. The summed E-state index contributed by atoms with van der Waals surface area (Å²) < 4.78 is 0. The van der Waals surface area contributed by atoms with Crippen molar-refractivity contribution in [3.63, 3.8) is 0 Å². The summed E-state index contributed by atoms with van der Waals surface area (Å²) in [6, 6.07) is 4.95. The minimum atomic E-state index is 0.223. The summed E-state index contributed by atoms with van der Waals surface area (Å²) in [6.07, 6.45) is 6.87. The molecule has 1 aromatic rings. The van der Waals surface area contributed by atoms with E-state index in [1.54, 1.807) is 0 Å². The second kappa shape index (κ2) is 7.58. The summed E-state index contributed by atoms with van der Waals surface area (Å²) >= 11 is 0. The van der Waals surface area contributed by atoms with Crippen LogP contribution >= 0.6 is 0 Å². The van der Waals surface area contributed by atoms with Crippen molar-refractivity contribution in [2.75, 3.05) is 0 Å². The van der Waals surface area contributed by atoms with Crippen LogP contribution in [0.1, 0.15) is 75.3 Å². The average molecular weight is 247 g/mol. The predicted molar refractivity (Wildman–Crippen MR) is 81.0 cm³/mol. The molecule has 1 atom stereocenters. The fourth-order valence-corrected chi connectivity index (χ4v) is 2.68. The van der Waals surface area contributed by atoms with E-state index in [4.69, 9.17) is 5.73 Å². The van der Waals surface area contributed by atoms with Gasteiger partial charge in [-0.1, -0.05) is 52.7 Å². The highest BCUT2D eigenvalue weighted by atomic mass is 14.6. The maximum Gasteiger partial charge on any atom is 0.0300 e. The Hall–Kier alpha value is -0.820. The minimum Gasteiger partial charge on any atom is -0.324 e. The van der Waals surface area contributed by atoms with Gasteiger partial charge in [0, 0.05) is 6.04 Å². The normalized spacial score (nSPS) is 12.7. The number of hydrogen-bond donors (Lipinski definition) is 1. The molecular weight excluding hydrogens is 218 g/mol. The molecule has 1 rings (SSSR count). The van der Waals surface area contributed by atoms with Crippen molar-refractivity contribution in [3.05, 3.63) is 34.4 Å². The maximum atomic E-state index is 6.43. The quantitative estimate of drug-likeness (QED) is 0.750. The third-order valence-electron chi connectivity index (χ3n) is 3.82. The van der Waals surface area contributed by atoms with Gasteiger partial charge in [-0.25, -0.2) is 0 Å². The summed E-state index contributed by atoms with van der Waals surface area (Å²) in [7, 11) is 0. The van der Waals surface area contributed by atoms with Crippen LogP contribution in [0.3, 0.4) is 0 Å². The first-order chi connectivity index (χ1) is 8.67. The SMILES string of the molecule is CCCCC(N)c1c(CC)cc(CC)cc1CC. The highest BCUT2D eigenvalue weighted by Gasteiger charge is 2.15. The van der Waals surface area contributed by atoms with Gasteiger partial charge in [-0.2, -0.15) is 0 Å². The van der Waals surface area contributed by atoms with E-state index >= 15 is 0 Å². The first-order valence-corrected chi connectivity index (χ1v) is 7.57. The van der Waals surface area contributed by atoms with E-state index in [-0.39, 0.29) is 6.04 Å². The summed E-state index contributed by atoms with van der Waals surface area (Å²) in [5.41, 5.74) is 12.2. The molecule has 0 aliphatic carbocycles. The molecule has 2 N–H and O–H groups in total. The standard InChI is InChI=1S/C17H29N/c1-5-9-10-16(18)17-14(7-3)11-13(6-2)12-15(17)8-4/h11-12,16H,5-10,18H2,1-4H3. The molecule has 1 nitrogen and oxygen atoms in total. The van der Waals surface area contributed by atoms with Gasteiger partial charge in [-0.3, -0.25) is 0 Å². The van der Waals surface area contributed by atoms with Gasteiger partial charge in [-0.05, 0) is 47.9 Å². The van der Waals surface area contributed by atoms with Gasteiger partial charge in [0.1, 0.15) is 0 Å².